The Labute approximate surface area is 111 Å². The Balaban J connectivity index is 2.41. The van der Waals surface area contributed by atoms with E-state index in [0.717, 1.165) is 12.3 Å². The standard InChI is InChI=1S/C12H16N4OS/c1-4-8-18-9-7-13-11-6-5-10(14-15-11)12(17)16(2)3/h1,5-6H,7-9H2,2-3H3,(H,13,15). The summed E-state index contributed by atoms with van der Waals surface area (Å²) in [7, 11) is 3.36. The van der Waals surface area contributed by atoms with Gasteiger partial charge in [0, 0.05) is 26.4 Å². The molecule has 0 unspecified atom stereocenters. The molecule has 96 valence electrons. The molecule has 5 nitrogen and oxygen atoms in total. The highest BCUT2D eigenvalue weighted by molar-refractivity contribution is 7.99. The van der Waals surface area contributed by atoms with Crippen LogP contribution in [0.25, 0.3) is 0 Å². The maximum Gasteiger partial charge on any atom is 0.273 e. The quantitative estimate of drug-likeness (QED) is 0.612. The molecular weight excluding hydrogens is 248 g/mol. The lowest BCUT2D eigenvalue weighted by Crippen LogP contribution is -2.23. The van der Waals surface area contributed by atoms with Crippen LogP contribution in [0.4, 0.5) is 5.82 Å². The number of carbonyl (C=O) groups excluding carboxylic acids is 1. The van der Waals surface area contributed by atoms with Crippen LogP contribution in [0.3, 0.4) is 0 Å². The molecule has 1 rings (SSSR count). The normalized spacial score (nSPS) is 9.61. The van der Waals surface area contributed by atoms with Crippen LogP contribution < -0.4 is 5.32 Å². The topological polar surface area (TPSA) is 58.1 Å². The van der Waals surface area contributed by atoms with Gasteiger partial charge >= 0.3 is 0 Å². The lowest BCUT2D eigenvalue weighted by Gasteiger charge is -2.09. The summed E-state index contributed by atoms with van der Waals surface area (Å²) < 4.78 is 0. The van der Waals surface area contributed by atoms with E-state index in [9.17, 15) is 4.79 Å². The molecule has 0 aliphatic rings. The smallest absolute Gasteiger partial charge is 0.273 e. The number of rotatable bonds is 6. The lowest BCUT2D eigenvalue weighted by atomic mass is 10.3. The summed E-state index contributed by atoms with van der Waals surface area (Å²) in [6.45, 7) is 0.766. The molecular formula is C12H16N4OS. The van der Waals surface area contributed by atoms with Crippen LogP contribution >= 0.6 is 11.8 Å². The number of aromatic nitrogens is 2. The predicted molar refractivity (Wildman–Crippen MR) is 74.7 cm³/mol. The minimum absolute atomic E-state index is 0.154. The van der Waals surface area contributed by atoms with Gasteiger partial charge in [0.05, 0.1) is 5.75 Å². The van der Waals surface area contributed by atoms with E-state index in [-0.39, 0.29) is 5.91 Å². The Morgan fingerprint density at radius 3 is 2.83 bits per heavy atom. The molecule has 0 aliphatic carbocycles. The number of nitrogens with zero attached hydrogens (tertiary/aromatic N) is 3. The summed E-state index contributed by atoms with van der Waals surface area (Å²) in [5, 5.41) is 10.9. The third-order valence-electron chi connectivity index (χ3n) is 2.03. The molecule has 0 fully saturated rings. The number of hydrogen-bond acceptors (Lipinski definition) is 5. The fourth-order valence-electron chi connectivity index (χ4n) is 1.15. The molecule has 0 saturated heterocycles. The second kappa shape index (κ2) is 7.56. The van der Waals surface area contributed by atoms with Gasteiger partial charge in [-0.3, -0.25) is 4.79 Å². The highest BCUT2D eigenvalue weighted by atomic mass is 32.2. The molecule has 0 spiro atoms. The largest absolute Gasteiger partial charge is 0.368 e. The van der Waals surface area contributed by atoms with Crippen molar-refractivity contribution in [1.29, 1.82) is 0 Å². The number of anilines is 1. The number of nitrogens with one attached hydrogen (secondary N) is 1. The average Bonchev–Trinajstić information content (AvgIpc) is 2.38. The number of carbonyl (C=O) groups is 1. The van der Waals surface area contributed by atoms with Crippen molar-refractivity contribution in [2.24, 2.45) is 0 Å². The summed E-state index contributed by atoms with van der Waals surface area (Å²) in [6.07, 6.45) is 5.14. The Morgan fingerprint density at radius 1 is 1.50 bits per heavy atom. The molecule has 18 heavy (non-hydrogen) atoms. The first-order valence-electron chi connectivity index (χ1n) is 5.45. The zero-order valence-electron chi connectivity index (χ0n) is 10.5. The first-order valence-corrected chi connectivity index (χ1v) is 6.61. The molecule has 6 heteroatoms. The fraction of sp³-hybridized carbons (Fsp3) is 0.417. The third-order valence-corrected chi connectivity index (χ3v) is 2.89. The van der Waals surface area contributed by atoms with Crippen LogP contribution in [-0.2, 0) is 0 Å². The number of terminal acetylenes is 1. The van der Waals surface area contributed by atoms with Gasteiger partial charge in [0.15, 0.2) is 5.69 Å². The molecule has 0 aliphatic heterocycles. The van der Waals surface area contributed by atoms with Crippen molar-refractivity contribution in [3.05, 3.63) is 17.8 Å². The van der Waals surface area contributed by atoms with Crippen LogP contribution in [0.15, 0.2) is 12.1 Å². The SMILES string of the molecule is C#CCSCCNc1ccc(C(=O)N(C)C)nn1. The molecule has 1 N–H and O–H groups in total. The zero-order chi connectivity index (χ0) is 13.4. The fourth-order valence-corrected chi connectivity index (χ4v) is 1.66. The molecule has 0 bridgehead atoms. The second-order valence-corrected chi connectivity index (χ2v) is 4.79. The van der Waals surface area contributed by atoms with E-state index < -0.39 is 0 Å². The zero-order valence-corrected chi connectivity index (χ0v) is 11.3. The maximum absolute atomic E-state index is 11.6. The molecule has 0 atom stereocenters. The average molecular weight is 264 g/mol. The summed E-state index contributed by atoms with van der Waals surface area (Å²) >= 11 is 1.68. The Kier molecular flexibility index (Phi) is 6.01. The Bertz CT molecular complexity index is 425. The molecule has 1 heterocycles. The van der Waals surface area contributed by atoms with E-state index in [0.29, 0.717) is 17.3 Å². The maximum atomic E-state index is 11.6. The van der Waals surface area contributed by atoms with Gasteiger partial charge in [-0.1, -0.05) is 5.92 Å². The number of thioether (sulfide) groups is 1. The van der Waals surface area contributed by atoms with Gasteiger partial charge in [0.1, 0.15) is 5.82 Å². The summed E-state index contributed by atoms with van der Waals surface area (Å²) in [4.78, 5) is 13.0. The van der Waals surface area contributed by atoms with Crippen LogP contribution in [0, 0.1) is 12.3 Å². The van der Waals surface area contributed by atoms with E-state index in [1.807, 2.05) is 0 Å². The number of amides is 1. The molecule has 1 amide bonds. The van der Waals surface area contributed by atoms with Crippen molar-refractivity contribution in [2.75, 3.05) is 37.5 Å². The summed E-state index contributed by atoms with van der Waals surface area (Å²) in [6, 6.07) is 3.40. The Morgan fingerprint density at radius 2 is 2.28 bits per heavy atom. The minimum atomic E-state index is -0.154. The number of hydrogen-bond donors (Lipinski definition) is 1. The van der Waals surface area contributed by atoms with Crippen molar-refractivity contribution in [3.8, 4) is 12.3 Å². The van der Waals surface area contributed by atoms with Gasteiger partial charge in [0.2, 0.25) is 0 Å². The summed E-state index contributed by atoms with van der Waals surface area (Å²) in [5.41, 5.74) is 0.340. The molecule has 1 aromatic heterocycles. The monoisotopic (exact) mass is 264 g/mol. The molecule has 0 saturated carbocycles. The summed E-state index contributed by atoms with van der Waals surface area (Å²) in [5.74, 6) is 4.69. The van der Waals surface area contributed by atoms with Gasteiger partial charge in [-0.25, -0.2) is 0 Å². The first kappa shape index (κ1) is 14.3. The van der Waals surface area contributed by atoms with E-state index in [1.165, 1.54) is 4.90 Å². The van der Waals surface area contributed by atoms with Crippen molar-refractivity contribution in [2.45, 2.75) is 0 Å². The van der Waals surface area contributed by atoms with Gasteiger partial charge < -0.3 is 10.2 Å². The Hall–Kier alpha value is -1.74. The van der Waals surface area contributed by atoms with E-state index >= 15 is 0 Å². The van der Waals surface area contributed by atoms with Crippen LogP contribution in [0.1, 0.15) is 10.5 Å². The molecule has 0 radical (unpaired) electrons. The van der Waals surface area contributed by atoms with Crippen molar-refractivity contribution < 1.29 is 4.79 Å². The van der Waals surface area contributed by atoms with Crippen LogP contribution in [0.5, 0.6) is 0 Å². The van der Waals surface area contributed by atoms with Gasteiger partial charge in [-0.2, -0.15) is 0 Å². The molecule has 1 aromatic rings. The predicted octanol–water partition coefficient (Wildman–Crippen LogP) is 0.957. The van der Waals surface area contributed by atoms with E-state index in [1.54, 1.807) is 38.0 Å². The van der Waals surface area contributed by atoms with Crippen molar-refractivity contribution in [3.63, 3.8) is 0 Å². The van der Waals surface area contributed by atoms with Gasteiger partial charge in [-0.15, -0.1) is 28.4 Å². The highest BCUT2D eigenvalue weighted by Crippen LogP contribution is 2.04. The van der Waals surface area contributed by atoms with E-state index in [2.05, 4.69) is 21.4 Å². The van der Waals surface area contributed by atoms with Gasteiger partial charge in [0.25, 0.3) is 5.91 Å². The van der Waals surface area contributed by atoms with Gasteiger partial charge in [-0.05, 0) is 12.1 Å². The third kappa shape index (κ3) is 4.63. The first-order chi connectivity index (χ1) is 8.65. The second-order valence-electron chi connectivity index (χ2n) is 3.69. The van der Waals surface area contributed by atoms with Crippen LogP contribution in [-0.4, -0.2) is 53.2 Å². The van der Waals surface area contributed by atoms with E-state index in [4.69, 9.17) is 6.42 Å². The van der Waals surface area contributed by atoms with Crippen LogP contribution in [0.2, 0.25) is 0 Å². The van der Waals surface area contributed by atoms with Crippen molar-refractivity contribution in [1.82, 2.24) is 15.1 Å². The lowest BCUT2D eigenvalue weighted by molar-refractivity contribution is 0.0821. The van der Waals surface area contributed by atoms with Crippen molar-refractivity contribution >= 4 is 23.5 Å². The molecule has 0 aromatic carbocycles. The minimum Gasteiger partial charge on any atom is -0.368 e. The highest BCUT2D eigenvalue weighted by Gasteiger charge is 2.09.